The van der Waals surface area contributed by atoms with Gasteiger partial charge in [-0.2, -0.15) is 8.42 Å². The summed E-state index contributed by atoms with van der Waals surface area (Å²) in [7, 11) is -4.36. The molecule has 0 bridgehead atoms. The fourth-order valence-electron chi connectivity index (χ4n) is 2.69. The monoisotopic (exact) mass is 343 g/mol. The van der Waals surface area contributed by atoms with E-state index in [-0.39, 0.29) is 4.90 Å². The molecule has 1 heterocycles. The summed E-state index contributed by atoms with van der Waals surface area (Å²) in [6.45, 7) is 2.00. The van der Waals surface area contributed by atoms with Crippen molar-refractivity contribution in [3.05, 3.63) is 60.4 Å². The fourth-order valence-corrected chi connectivity index (χ4v) is 3.39. The molecule has 1 N–H and O–H groups in total. The Morgan fingerprint density at radius 3 is 2.38 bits per heavy atom. The van der Waals surface area contributed by atoms with Gasteiger partial charge in [0.1, 0.15) is 16.3 Å². The molecule has 0 unspecified atom stereocenters. The summed E-state index contributed by atoms with van der Waals surface area (Å²) in [5.41, 5.74) is 2.39. The van der Waals surface area contributed by atoms with Gasteiger partial charge < -0.3 is 4.52 Å². The van der Waals surface area contributed by atoms with Crippen molar-refractivity contribution >= 4 is 10.1 Å². The topological polar surface area (TPSA) is 80.4 Å². The molecule has 0 aliphatic rings. The van der Waals surface area contributed by atoms with Gasteiger partial charge in [0.2, 0.25) is 0 Å². The van der Waals surface area contributed by atoms with Crippen LogP contribution in [0.4, 0.5) is 0 Å². The van der Waals surface area contributed by atoms with Crippen LogP contribution in [0.5, 0.6) is 0 Å². The van der Waals surface area contributed by atoms with Gasteiger partial charge in [-0.05, 0) is 12.5 Å². The molecule has 6 heteroatoms. The van der Waals surface area contributed by atoms with Crippen molar-refractivity contribution < 1.29 is 17.5 Å². The Kier molecular flexibility index (Phi) is 4.51. The predicted molar refractivity (Wildman–Crippen MR) is 91.2 cm³/mol. The molecule has 0 radical (unpaired) electrons. The molecule has 3 rings (SSSR count). The van der Waals surface area contributed by atoms with E-state index in [0.717, 1.165) is 12.0 Å². The lowest BCUT2D eigenvalue weighted by Crippen LogP contribution is -2.01. The molecule has 0 amide bonds. The number of benzene rings is 2. The third kappa shape index (κ3) is 3.11. The van der Waals surface area contributed by atoms with Crippen LogP contribution in [-0.4, -0.2) is 18.1 Å². The van der Waals surface area contributed by atoms with Crippen LogP contribution in [0.3, 0.4) is 0 Å². The SMILES string of the molecule is CCCc1onc(-c2ccccc2)c1-c1ccccc1S(=O)(=O)O. The van der Waals surface area contributed by atoms with E-state index in [4.69, 9.17) is 4.52 Å². The third-order valence-electron chi connectivity index (χ3n) is 3.72. The molecule has 24 heavy (non-hydrogen) atoms. The molecule has 124 valence electrons. The largest absolute Gasteiger partial charge is 0.360 e. The number of nitrogens with zero attached hydrogens (tertiary/aromatic N) is 1. The van der Waals surface area contributed by atoms with Crippen molar-refractivity contribution in [2.75, 3.05) is 0 Å². The van der Waals surface area contributed by atoms with Gasteiger partial charge in [-0.15, -0.1) is 0 Å². The quantitative estimate of drug-likeness (QED) is 0.702. The van der Waals surface area contributed by atoms with E-state index in [1.165, 1.54) is 6.07 Å². The van der Waals surface area contributed by atoms with Crippen LogP contribution in [-0.2, 0) is 16.5 Å². The van der Waals surface area contributed by atoms with E-state index >= 15 is 0 Å². The van der Waals surface area contributed by atoms with Crippen LogP contribution >= 0.6 is 0 Å². The molecular weight excluding hydrogens is 326 g/mol. The van der Waals surface area contributed by atoms with E-state index in [0.29, 0.717) is 29.0 Å². The van der Waals surface area contributed by atoms with Crippen LogP contribution < -0.4 is 0 Å². The normalized spacial score (nSPS) is 11.6. The van der Waals surface area contributed by atoms with Crippen molar-refractivity contribution in [1.82, 2.24) is 5.16 Å². The van der Waals surface area contributed by atoms with E-state index in [1.54, 1.807) is 18.2 Å². The minimum Gasteiger partial charge on any atom is -0.360 e. The first-order chi connectivity index (χ1) is 11.5. The number of aromatic nitrogens is 1. The van der Waals surface area contributed by atoms with Gasteiger partial charge in [0, 0.05) is 17.5 Å². The molecular formula is C18H17NO4S. The minimum absolute atomic E-state index is 0.150. The van der Waals surface area contributed by atoms with Crippen LogP contribution in [0.25, 0.3) is 22.4 Å². The Hall–Kier alpha value is -2.44. The number of rotatable bonds is 5. The Bertz CT molecular complexity index is 946. The molecule has 0 aliphatic carbocycles. The summed E-state index contributed by atoms with van der Waals surface area (Å²) < 4.78 is 38.6. The van der Waals surface area contributed by atoms with Crippen molar-refractivity contribution in [2.24, 2.45) is 0 Å². The summed E-state index contributed by atoms with van der Waals surface area (Å²) >= 11 is 0. The Morgan fingerprint density at radius 2 is 1.71 bits per heavy atom. The van der Waals surface area contributed by atoms with Crippen molar-refractivity contribution in [3.8, 4) is 22.4 Å². The summed E-state index contributed by atoms with van der Waals surface area (Å²) in [4.78, 5) is -0.150. The molecule has 1 aromatic heterocycles. The maximum atomic E-state index is 11.8. The van der Waals surface area contributed by atoms with E-state index in [1.807, 2.05) is 37.3 Å². The lowest BCUT2D eigenvalue weighted by Gasteiger charge is -2.08. The van der Waals surface area contributed by atoms with Gasteiger partial charge in [-0.25, -0.2) is 0 Å². The third-order valence-corrected chi connectivity index (χ3v) is 4.63. The summed E-state index contributed by atoms with van der Waals surface area (Å²) in [5.74, 6) is 0.604. The summed E-state index contributed by atoms with van der Waals surface area (Å²) in [6, 6.07) is 15.7. The van der Waals surface area contributed by atoms with Crippen molar-refractivity contribution in [3.63, 3.8) is 0 Å². The molecule has 5 nitrogen and oxygen atoms in total. The first kappa shape index (κ1) is 16.4. The summed E-state index contributed by atoms with van der Waals surface area (Å²) in [5, 5.41) is 4.15. The van der Waals surface area contributed by atoms with E-state index < -0.39 is 10.1 Å². The highest BCUT2D eigenvalue weighted by Crippen LogP contribution is 2.38. The average Bonchev–Trinajstić information content (AvgIpc) is 2.99. The molecule has 0 spiro atoms. The Balaban J connectivity index is 2.30. The molecule has 3 aromatic rings. The lowest BCUT2D eigenvalue weighted by molar-refractivity contribution is 0.385. The smallest absolute Gasteiger partial charge is 0.295 e. The molecule has 2 aromatic carbocycles. The predicted octanol–water partition coefficient (Wildman–Crippen LogP) is 4.21. The van der Waals surface area contributed by atoms with Crippen LogP contribution in [0, 0.1) is 0 Å². The first-order valence-corrected chi connectivity index (χ1v) is 9.07. The average molecular weight is 343 g/mol. The highest BCUT2D eigenvalue weighted by Gasteiger charge is 2.24. The van der Waals surface area contributed by atoms with Gasteiger partial charge in [-0.1, -0.05) is 60.6 Å². The fraction of sp³-hybridized carbons (Fsp3) is 0.167. The second-order valence-corrected chi connectivity index (χ2v) is 6.81. The minimum atomic E-state index is -4.36. The second-order valence-electron chi connectivity index (χ2n) is 5.42. The maximum absolute atomic E-state index is 11.8. The Morgan fingerprint density at radius 1 is 1.04 bits per heavy atom. The van der Waals surface area contributed by atoms with Gasteiger partial charge in [0.15, 0.2) is 0 Å². The Labute approximate surface area is 140 Å². The van der Waals surface area contributed by atoms with Gasteiger partial charge in [0.25, 0.3) is 10.1 Å². The highest BCUT2D eigenvalue weighted by atomic mass is 32.2. The molecule has 0 atom stereocenters. The maximum Gasteiger partial charge on any atom is 0.295 e. The van der Waals surface area contributed by atoms with Crippen LogP contribution in [0.1, 0.15) is 19.1 Å². The summed E-state index contributed by atoms with van der Waals surface area (Å²) in [6.07, 6.45) is 1.44. The van der Waals surface area contributed by atoms with Gasteiger partial charge in [-0.3, -0.25) is 4.55 Å². The van der Waals surface area contributed by atoms with Crippen LogP contribution in [0.15, 0.2) is 64.0 Å². The van der Waals surface area contributed by atoms with E-state index in [2.05, 4.69) is 5.16 Å². The first-order valence-electron chi connectivity index (χ1n) is 7.63. The molecule has 0 saturated carbocycles. The second kappa shape index (κ2) is 6.59. The zero-order valence-electron chi connectivity index (χ0n) is 13.1. The number of hydrogen-bond acceptors (Lipinski definition) is 4. The van der Waals surface area contributed by atoms with E-state index in [9.17, 15) is 13.0 Å². The van der Waals surface area contributed by atoms with Crippen molar-refractivity contribution in [2.45, 2.75) is 24.7 Å². The zero-order chi connectivity index (χ0) is 17.2. The molecule has 0 aliphatic heterocycles. The van der Waals surface area contributed by atoms with Crippen molar-refractivity contribution in [1.29, 1.82) is 0 Å². The van der Waals surface area contributed by atoms with Gasteiger partial charge >= 0.3 is 0 Å². The lowest BCUT2D eigenvalue weighted by atomic mass is 9.97. The number of aryl methyl sites for hydroxylation is 1. The zero-order valence-corrected chi connectivity index (χ0v) is 14.0. The highest BCUT2D eigenvalue weighted by molar-refractivity contribution is 7.86. The van der Waals surface area contributed by atoms with Crippen LogP contribution in [0.2, 0.25) is 0 Å². The standard InChI is InChI=1S/C18H17NO4S/c1-2-8-15-17(14-11-6-7-12-16(14)24(20,21)22)18(19-23-15)13-9-4-3-5-10-13/h3-7,9-12H,2,8H2,1H3,(H,20,21,22). The number of hydrogen-bond donors (Lipinski definition) is 1. The molecule has 0 fully saturated rings. The van der Waals surface area contributed by atoms with Gasteiger partial charge in [0.05, 0.1) is 5.56 Å². The molecule has 0 saturated heterocycles.